The van der Waals surface area contributed by atoms with Crippen LogP contribution in [0.2, 0.25) is 0 Å². The van der Waals surface area contributed by atoms with Crippen molar-refractivity contribution < 1.29 is 4.74 Å². The maximum atomic E-state index is 6.10. The van der Waals surface area contributed by atoms with Crippen LogP contribution in [0, 0.1) is 5.92 Å². The van der Waals surface area contributed by atoms with Crippen molar-refractivity contribution in [2.45, 2.75) is 44.8 Å². The van der Waals surface area contributed by atoms with Gasteiger partial charge in [-0.3, -0.25) is 0 Å². The van der Waals surface area contributed by atoms with Crippen molar-refractivity contribution in [1.29, 1.82) is 0 Å². The number of ether oxygens (including phenoxy) is 1. The summed E-state index contributed by atoms with van der Waals surface area (Å²) in [5.74, 6) is 0.695. The third-order valence-corrected chi connectivity index (χ3v) is 3.89. The normalized spacial score (nSPS) is 38.4. The summed E-state index contributed by atoms with van der Waals surface area (Å²) in [6, 6.07) is 0.427. The smallest absolute Gasteiger partial charge is 0.0702 e. The van der Waals surface area contributed by atoms with Crippen molar-refractivity contribution in [2.24, 2.45) is 11.7 Å². The van der Waals surface area contributed by atoms with Crippen LogP contribution in [0.1, 0.15) is 32.6 Å². The van der Waals surface area contributed by atoms with Gasteiger partial charge in [-0.1, -0.05) is 13.3 Å². The minimum absolute atomic E-state index is 0.427. The molecule has 3 nitrogen and oxygen atoms in total. The summed E-state index contributed by atoms with van der Waals surface area (Å²) >= 11 is 0. The highest BCUT2D eigenvalue weighted by molar-refractivity contribution is 4.83. The van der Waals surface area contributed by atoms with Gasteiger partial charge in [0.05, 0.1) is 6.10 Å². The second kappa shape index (κ2) is 5.28. The molecule has 15 heavy (non-hydrogen) atoms. The van der Waals surface area contributed by atoms with E-state index in [1.54, 1.807) is 0 Å². The predicted octanol–water partition coefficient (Wildman–Crippen LogP) is 1.22. The van der Waals surface area contributed by atoms with Crippen molar-refractivity contribution in [3.05, 3.63) is 0 Å². The highest BCUT2D eigenvalue weighted by atomic mass is 16.5. The lowest BCUT2D eigenvalue weighted by Gasteiger charge is -2.37. The standard InChI is InChI=1S/C12H24N2O/c1-2-10-8-14(6-5-12(10)13)9-11-4-3-7-15-11/h10-12H,2-9,13H2,1H3. The number of hydrogen-bond donors (Lipinski definition) is 1. The number of likely N-dealkylation sites (tertiary alicyclic amines) is 1. The van der Waals surface area contributed by atoms with Gasteiger partial charge in [0.15, 0.2) is 0 Å². The van der Waals surface area contributed by atoms with Gasteiger partial charge in [-0.25, -0.2) is 0 Å². The summed E-state index contributed by atoms with van der Waals surface area (Å²) in [4.78, 5) is 2.55. The summed E-state index contributed by atoms with van der Waals surface area (Å²) in [7, 11) is 0. The lowest BCUT2D eigenvalue weighted by Crippen LogP contribution is -2.48. The Morgan fingerprint density at radius 2 is 2.27 bits per heavy atom. The highest BCUT2D eigenvalue weighted by Crippen LogP contribution is 2.21. The van der Waals surface area contributed by atoms with Crippen LogP contribution in [0.25, 0.3) is 0 Å². The molecule has 0 aromatic carbocycles. The van der Waals surface area contributed by atoms with Gasteiger partial charge in [0.25, 0.3) is 0 Å². The summed E-state index contributed by atoms with van der Waals surface area (Å²) in [5.41, 5.74) is 6.10. The molecule has 0 aliphatic carbocycles. The Balaban J connectivity index is 1.78. The van der Waals surface area contributed by atoms with Gasteiger partial charge in [-0.2, -0.15) is 0 Å². The van der Waals surface area contributed by atoms with Gasteiger partial charge in [-0.05, 0) is 31.7 Å². The summed E-state index contributed by atoms with van der Waals surface area (Å²) in [6.45, 7) is 6.69. The summed E-state index contributed by atoms with van der Waals surface area (Å²) in [5, 5.41) is 0. The molecule has 2 fully saturated rings. The largest absolute Gasteiger partial charge is 0.377 e. The first-order chi connectivity index (χ1) is 7.29. The molecule has 2 saturated heterocycles. The zero-order chi connectivity index (χ0) is 10.7. The van der Waals surface area contributed by atoms with E-state index in [2.05, 4.69) is 11.8 Å². The molecular formula is C12H24N2O. The van der Waals surface area contributed by atoms with E-state index in [9.17, 15) is 0 Å². The molecule has 0 radical (unpaired) electrons. The lowest BCUT2D eigenvalue weighted by atomic mass is 9.90. The highest BCUT2D eigenvalue weighted by Gasteiger charge is 2.27. The zero-order valence-corrected chi connectivity index (χ0v) is 9.82. The van der Waals surface area contributed by atoms with Gasteiger partial charge in [0.2, 0.25) is 0 Å². The molecule has 0 aromatic rings. The van der Waals surface area contributed by atoms with Crippen molar-refractivity contribution in [3.8, 4) is 0 Å². The second-order valence-corrected chi connectivity index (χ2v) is 5.02. The Morgan fingerprint density at radius 1 is 1.40 bits per heavy atom. The van der Waals surface area contributed by atoms with E-state index in [1.165, 1.54) is 25.8 Å². The lowest BCUT2D eigenvalue weighted by molar-refractivity contribution is 0.0520. The van der Waals surface area contributed by atoms with Crippen molar-refractivity contribution in [3.63, 3.8) is 0 Å². The summed E-state index contributed by atoms with van der Waals surface area (Å²) < 4.78 is 5.68. The molecule has 0 aromatic heterocycles. The van der Waals surface area contributed by atoms with Crippen molar-refractivity contribution in [1.82, 2.24) is 4.90 Å². The number of nitrogens with two attached hydrogens (primary N) is 1. The molecule has 2 N–H and O–H groups in total. The molecule has 2 aliphatic heterocycles. The van der Waals surface area contributed by atoms with Crippen LogP contribution in [-0.2, 0) is 4.74 Å². The fraction of sp³-hybridized carbons (Fsp3) is 1.00. The minimum Gasteiger partial charge on any atom is -0.377 e. The quantitative estimate of drug-likeness (QED) is 0.764. The molecule has 88 valence electrons. The van der Waals surface area contributed by atoms with Gasteiger partial charge in [0.1, 0.15) is 0 Å². The first-order valence-electron chi connectivity index (χ1n) is 6.39. The Morgan fingerprint density at radius 3 is 2.93 bits per heavy atom. The van der Waals surface area contributed by atoms with E-state index >= 15 is 0 Å². The first-order valence-corrected chi connectivity index (χ1v) is 6.39. The molecule has 3 atom stereocenters. The van der Waals surface area contributed by atoms with Crippen molar-refractivity contribution in [2.75, 3.05) is 26.2 Å². The molecule has 0 bridgehead atoms. The third kappa shape index (κ3) is 2.92. The van der Waals surface area contributed by atoms with Crippen molar-refractivity contribution >= 4 is 0 Å². The second-order valence-electron chi connectivity index (χ2n) is 5.02. The average Bonchev–Trinajstić information content (AvgIpc) is 2.73. The maximum absolute atomic E-state index is 6.10. The average molecular weight is 212 g/mol. The molecule has 0 saturated carbocycles. The molecule has 0 spiro atoms. The molecule has 2 rings (SSSR count). The molecule has 2 heterocycles. The molecule has 3 heteroatoms. The Bertz CT molecular complexity index is 190. The number of rotatable bonds is 3. The maximum Gasteiger partial charge on any atom is 0.0702 e. The Labute approximate surface area is 93.0 Å². The van der Waals surface area contributed by atoms with Gasteiger partial charge in [-0.15, -0.1) is 0 Å². The predicted molar refractivity (Wildman–Crippen MR) is 61.8 cm³/mol. The van der Waals surface area contributed by atoms with E-state index in [1.807, 2.05) is 0 Å². The molecule has 0 amide bonds. The zero-order valence-electron chi connectivity index (χ0n) is 9.82. The minimum atomic E-state index is 0.427. The van der Waals surface area contributed by atoms with Crippen LogP contribution in [0.3, 0.4) is 0 Å². The van der Waals surface area contributed by atoms with E-state index < -0.39 is 0 Å². The van der Waals surface area contributed by atoms with E-state index in [-0.39, 0.29) is 0 Å². The molecule has 2 aliphatic rings. The SMILES string of the molecule is CCC1CN(CC2CCCO2)CCC1N. The van der Waals surface area contributed by atoms with Crippen LogP contribution in [-0.4, -0.2) is 43.3 Å². The molecular weight excluding hydrogens is 188 g/mol. The van der Waals surface area contributed by atoms with Gasteiger partial charge < -0.3 is 15.4 Å². The topological polar surface area (TPSA) is 38.5 Å². The monoisotopic (exact) mass is 212 g/mol. The Kier molecular flexibility index (Phi) is 4.00. The third-order valence-electron chi connectivity index (χ3n) is 3.89. The Hall–Kier alpha value is -0.120. The fourth-order valence-corrected chi connectivity index (χ4v) is 2.80. The number of piperidine rings is 1. The summed E-state index contributed by atoms with van der Waals surface area (Å²) in [6.07, 6.45) is 5.36. The molecule has 3 unspecified atom stereocenters. The number of nitrogens with zero attached hydrogens (tertiary/aromatic N) is 1. The van der Waals surface area contributed by atoms with Crippen LogP contribution in [0.4, 0.5) is 0 Å². The van der Waals surface area contributed by atoms with Crippen LogP contribution in [0.15, 0.2) is 0 Å². The van der Waals surface area contributed by atoms with Crippen LogP contribution in [0.5, 0.6) is 0 Å². The van der Waals surface area contributed by atoms with Gasteiger partial charge >= 0.3 is 0 Å². The first kappa shape index (κ1) is 11.4. The van der Waals surface area contributed by atoms with E-state index in [0.717, 1.165) is 26.1 Å². The van der Waals surface area contributed by atoms with Crippen LogP contribution >= 0.6 is 0 Å². The van der Waals surface area contributed by atoms with Crippen LogP contribution < -0.4 is 5.73 Å². The van der Waals surface area contributed by atoms with E-state index in [0.29, 0.717) is 18.1 Å². The van der Waals surface area contributed by atoms with E-state index in [4.69, 9.17) is 10.5 Å². The number of hydrogen-bond acceptors (Lipinski definition) is 3. The van der Waals surface area contributed by atoms with Gasteiger partial charge in [0, 0.05) is 25.7 Å². The fourth-order valence-electron chi connectivity index (χ4n) is 2.80.